The number of rotatable bonds is 4. The summed E-state index contributed by atoms with van der Waals surface area (Å²) in [5.41, 5.74) is 0.912. The largest absolute Gasteiger partial charge is 0.306 e. The number of benzene rings is 1. The molecule has 106 valence electrons. The summed E-state index contributed by atoms with van der Waals surface area (Å²) >= 11 is 11.8. The van der Waals surface area contributed by atoms with Crippen molar-refractivity contribution in [1.29, 1.82) is 0 Å². The maximum absolute atomic E-state index is 13.4. The number of halogens is 3. The van der Waals surface area contributed by atoms with E-state index in [0.717, 1.165) is 24.3 Å². The monoisotopic (exact) mass is 303 g/mol. The maximum Gasteiger partial charge on any atom is 0.142 e. The molecule has 1 nitrogen and oxygen atoms in total. The molecule has 0 aliphatic heterocycles. The van der Waals surface area contributed by atoms with Crippen molar-refractivity contribution in [2.45, 2.75) is 44.7 Å². The Bertz CT molecular complexity index is 428. The Balaban J connectivity index is 1.97. The molecule has 0 unspecified atom stereocenters. The average molecular weight is 304 g/mol. The van der Waals surface area contributed by atoms with Crippen molar-refractivity contribution in [1.82, 2.24) is 5.32 Å². The van der Waals surface area contributed by atoms with Gasteiger partial charge in [-0.25, -0.2) is 4.39 Å². The van der Waals surface area contributed by atoms with Crippen molar-refractivity contribution in [3.05, 3.63) is 34.6 Å². The van der Waals surface area contributed by atoms with Crippen molar-refractivity contribution in [3.63, 3.8) is 0 Å². The SMILES string of the molecule is CC1CCC(CCl)(NCc2ccc(Cl)c(F)c2)CC1. The van der Waals surface area contributed by atoms with Crippen molar-refractivity contribution >= 4 is 23.2 Å². The van der Waals surface area contributed by atoms with Gasteiger partial charge >= 0.3 is 0 Å². The van der Waals surface area contributed by atoms with Gasteiger partial charge in [0.1, 0.15) is 5.82 Å². The molecule has 1 aromatic rings. The first-order valence-electron chi connectivity index (χ1n) is 6.79. The van der Waals surface area contributed by atoms with Crippen LogP contribution in [0.5, 0.6) is 0 Å². The van der Waals surface area contributed by atoms with E-state index in [0.29, 0.717) is 12.4 Å². The Morgan fingerprint density at radius 1 is 1.37 bits per heavy atom. The molecule has 0 spiro atoms. The molecule has 0 atom stereocenters. The highest BCUT2D eigenvalue weighted by molar-refractivity contribution is 6.30. The minimum Gasteiger partial charge on any atom is -0.306 e. The third-order valence-corrected chi connectivity index (χ3v) is 4.96. The second-order valence-electron chi connectivity index (χ2n) is 5.70. The molecule has 2 rings (SSSR count). The Morgan fingerprint density at radius 2 is 2.05 bits per heavy atom. The topological polar surface area (TPSA) is 12.0 Å². The van der Waals surface area contributed by atoms with Gasteiger partial charge in [0.25, 0.3) is 0 Å². The highest BCUT2D eigenvalue weighted by atomic mass is 35.5. The lowest BCUT2D eigenvalue weighted by Crippen LogP contribution is -2.49. The normalized spacial score (nSPS) is 27.5. The number of nitrogens with one attached hydrogen (secondary N) is 1. The molecule has 19 heavy (non-hydrogen) atoms. The van der Waals surface area contributed by atoms with Crippen LogP contribution in [0, 0.1) is 11.7 Å². The molecular formula is C15H20Cl2FN. The molecule has 1 saturated carbocycles. The molecule has 1 N–H and O–H groups in total. The van der Waals surface area contributed by atoms with Gasteiger partial charge in [0.2, 0.25) is 0 Å². The van der Waals surface area contributed by atoms with E-state index in [1.807, 2.05) is 6.07 Å². The van der Waals surface area contributed by atoms with Gasteiger partial charge in [-0.1, -0.05) is 24.6 Å². The van der Waals surface area contributed by atoms with E-state index in [2.05, 4.69) is 12.2 Å². The fourth-order valence-electron chi connectivity index (χ4n) is 2.61. The third-order valence-electron chi connectivity index (χ3n) is 4.14. The van der Waals surface area contributed by atoms with Gasteiger partial charge in [0.15, 0.2) is 0 Å². The molecule has 1 aliphatic rings. The van der Waals surface area contributed by atoms with Crippen LogP contribution < -0.4 is 5.32 Å². The molecule has 1 aliphatic carbocycles. The predicted octanol–water partition coefficient (Wildman–Crippen LogP) is 4.76. The molecule has 1 fully saturated rings. The van der Waals surface area contributed by atoms with Crippen molar-refractivity contribution in [2.75, 3.05) is 5.88 Å². The van der Waals surface area contributed by atoms with Gasteiger partial charge < -0.3 is 5.32 Å². The Kier molecular flexibility index (Phi) is 5.10. The van der Waals surface area contributed by atoms with Gasteiger partial charge in [-0.3, -0.25) is 0 Å². The smallest absolute Gasteiger partial charge is 0.142 e. The van der Waals surface area contributed by atoms with E-state index < -0.39 is 0 Å². The molecule has 0 radical (unpaired) electrons. The number of alkyl halides is 1. The molecule has 0 heterocycles. The fourth-order valence-corrected chi connectivity index (χ4v) is 3.09. The van der Waals surface area contributed by atoms with E-state index in [1.165, 1.54) is 18.9 Å². The summed E-state index contributed by atoms with van der Waals surface area (Å²) < 4.78 is 13.4. The molecule has 0 aromatic heterocycles. The summed E-state index contributed by atoms with van der Waals surface area (Å²) in [5.74, 6) is 1.03. The van der Waals surface area contributed by atoms with E-state index in [9.17, 15) is 4.39 Å². The van der Waals surface area contributed by atoms with Crippen molar-refractivity contribution < 1.29 is 4.39 Å². The molecule has 0 saturated heterocycles. The lowest BCUT2D eigenvalue weighted by atomic mass is 9.78. The molecule has 1 aromatic carbocycles. The fraction of sp³-hybridized carbons (Fsp3) is 0.600. The molecule has 0 bridgehead atoms. The minimum absolute atomic E-state index is 0.00414. The van der Waals surface area contributed by atoms with Crippen LogP contribution in [0.4, 0.5) is 4.39 Å². The van der Waals surface area contributed by atoms with Gasteiger partial charge in [0, 0.05) is 18.0 Å². The van der Waals surface area contributed by atoms with E-state index in [-0.39, 0.29) is 16.4 Å². The van der Waals surface area contributed by atoms with Gasteiger partial charge in [-0.2, -0.15) is 0 Å². The zero-order chi connectivity index (χ0) is 13.9. The van der Waals surface area contributed by atoms with Gasteiger partial charge in [-0.15, -0.1) is 11.6 Å². The summed E-state index contributed by atoms with van der Waals surface area (Å²) in [7, 11) is 0. The highest BCUT2D eigenvalue weighted by Gasteiger charge is 2.32. The molecular weight excluding hydrogens is 284 g/mol. The quantitative estimate of drug-likeness (QED) is 0.791. The van der Waals surface area contributed by atoms with E-state index in [1.54, 1.807) is 6.07 Å². The van der Waals surface area contributed by atoms with Crippen LogP contribution in [0.1, 0.15) is 38.2 Å². The first-order chi connectivity index (χ1) is 9.04. The Morgan fingerprint density at radius 3 is 2.63 bits per heavy atom. The number of hydrogen-bond donors (Lipinski definition) is 1. The van der Waals surface area contributed by atoms with Crippen LogP contribution in [0.25, 0.3) is 0 Å². The van der Waals surface area contributed by atoms with Crippen LogP contribution in [0.15, 0.2) is 18.2 Å². The van der Waals surface area contributed by atoms with Crippen molar-refractivity contribution in [3.8, 4) is 0 Å². The summed E-state index contributed by atoms with van der Waals surface area (Å²) in [6, 6.07) is 4.94. The Hall–Kier alpha value is -0.310. The van der Waals surface area contributed by atoms with Crippen LogP contribution in [0.3, 0.4) is 0 Å². The second-order valence-corrected chi connectivity index (χ2v) is 6.37. The van der Waals surface area contributed by atoms with Crippen LogP contribution in [-0.4, -0.2) is 11.4 Å². The molecule has 0 amide bonds. The molecule has 4 heteroatoms. The third kappa shape index (κ3) is 3.84. The van der Waals surface area contributed by atoms with Crippen molar-refractivity contribution in [2.24, 2.45) is 5.92 Å². The van der Waals surface area contributed by atoms with E-state index in [4.69, 9.17) is 23.2 Å². The predicted molar refractivity (Wildman–Crippen MR) is 79.3 cm³/mol. The zero-order valence-electron chi connectivity index (χ0n) is 11.2. The highest BCUT2D eigenvalue weighted by Crippen LogP contribution is 2.33. The average Bonchev–Trinajstić information content (AvgIpc) is 2.42. The summed E-state index contributed by atoms with van der Waals surface area (Å²) in [6.45, 7) is 2.92. The standard InChI is InChI=1S/C15H20Cl2FN/c1-11-4-6-15(10-16,7-5-11)19-9-12-2-3-13(17)14(18)8-12/h2-3,8,11,19H,4-7,9-10H2,1H3. The second kappa shape index (κ2) is 6.43. The lowest BCUT2D eigenvalue weighted by molar-refractivity contribution is 0.216. The zero-order valence-corrected chi connectivity index (χ0v) is 12.7. The maximum atomic E-state index is 13.4. The Labute approximate surface area is 124 Å². The lowest BCUT2D eigenvalue weighted by Gasteiger charge is -2.39. The first kappa shape index (κ1) is 15.1. The van der Waals surface area contributed by atoms with Crippen LogP contribution in [-0.2, 0) is 6.54 Å². The first-order valence-corrected chi connectivity index (χ1v) is 7.71. The van der Waals surface area contributed by atoms with Gasteiger partial charge in [0.05, 0.1) is 5.02 Å². The van der Waals surface area contributed by atoms with Gasteiger partial charge in [-0.05, 0) is 49.3 Å². The summed E-state index contributed by atoms with van der Waals surface area (Å²) in [5, 5.41) is 3.70. The number of hydrogen-bond acceptors (Lipinski definition) is 1. The minimum atomic E-state index is -0.363. The summed E-state index contributed by atoms with van der Waals surface area (Å²) in [4.78, 5) is 0. The van der Waals surface area contributed by atoms with E-state index >= 15 is 0 Å². The van der Waals surface area contributed by atoms with Crippen LogP contribution >= 0.6 is 23.2 Å². The summed E-state index contributed by atoms with van der Waals surface area (Å²) in [6.07, 6.45) is 4.59. The van der Waals surface area contributed by atoms with Crippen LogP contribution in [0.2, 0.25) is 5.02 Å².